The molecule has 0 saturated heterocycles. The minimum Gasteiger partial charge on any atom is -0.383 e. The Morgan fingerprint density at radius 2 is 1.83 bits per heavy atom. The molecule has 23 heavy (non-hydrogen) atoms. The molecule has 0 aliphatic rings. The van der Waals surface area contributed by atoms with E-state index < -0.39 is 0 Å². The number of anilines is 1. The first kappa shape index (κ1) is 17.3. The third-order valence-electron chi connectivity index (χ3n) is 3.31. The van der Waals surface area contributed by atoms with Crippen molar-refractivity contribution in [2.75, 3.05) is 32.6 Å². The number of rotatable bonds is 8. The number of methoxy groups -OCH3 is 1. The quantitative estimate of drug-likeness (QED) is 0.395. The number of nitrogens with one attached hydrogen (secondary N) is 3. The summed E-state index contributed by atoms with van der Waals surface area (Å²) in [6.07, 6.45) is 0. The summed E-state index contributed by atoms with van der Waals surface area (Å²) in [6.45, 7) is 3.04. The molecule has 0 unspecified atom stereocenters. The predicted octanol–water partition coefficient (Wildman–Crippen LogP) is 2.67. The summed E-state index contributed by atoms with van der Waals surface area (Å²) in [6, 6.07) is 10.5. The topological polar surface area (TPSA) is 57.7 Å². The van der Waals surface area contributed by atoms with E-state index in [4.69, 9.17) is 4.74 Å². The minimum absolute atomic E-state index is 0.704. The van der Waals surface area contributed by atoms with E-state index in [0.29, 0.717) is 6.61 Å². The van der Waals surface area contributed by atoms with Crippen molar-refractivity contribution in [1.82, 2.24) is 10.6 Å². The molecule has 0 spiro atoms. The van der Waals surface area contributed by atoms with Crippen molar-refractivity contribution < 1.29 is 4.74 Å². The summed E-state index contributed by atoms with van der Waals surface area (Å²) in [5.41, 5.74) is 3.58. The Hall–Kier alpha value is -2.05. The smallest absolute Gasteiger partial charge is 0.191 e. The Morgan fingerprint density at radius 1 is 1.09 bits per heavy atom. The van der Waals surface area contributed by atoms with Gasteiger partial charge in [0, 0.05) is 39.5 Å². The van der Waals surface area contributed by atoms with Crippen molar-refractivity contribution >= 4 is 23.0 Å². The molecule has 0 saturated carbocycles. The molecule has 1 aromatic carbocycles. The third-order valence-corrected chi connectivity index (χ3v) is 4.04. The molecule has 2 aromatic rings. The van der Waals surface area contributed by atoms with E-state index in [2.05, 4.69) is 62.0 Å². The van der Waals surface area contributed by atoms with Gasteiger partial charge in [-0.25, -0.2) is 0 Å². The van der Waals surface area contributed by atoms with E-state index in [-0.39, 0.29) is 0 Å². The number of hydrogen-bond acceptors (Lipinski definition) is 4. The lowest BCUT2D eigenvalue weighted by molar-refractivity contribution is 0.211. The van der Waals surface area contributed by atoms with Crippen LogP contribution in [0.5, 0.6) is 0 Å². The van der Waals surface area contributed by atoms with E-state index in [1.165, 1.54) is 11.1 Å². The average molecular weight is 332 g/mol. The van der Waals surface area contributed by atoms with E-state index in [9.17, 15) is 0 Å². The van der Waals surface area contributed by atoms with Gasteiger partial charge in [0.15, 0.2) is 5.96 Å². The Labute approximate surface area is 141 Å². The van der Waals surface area contributed by atoms with E-state index >= 15 is 0 Å². The molecule has 0 radical (unpaired) electrons. The minimum atomic E-state index is 0.704. The molecule has 124 valence electrons. The summed E-state index contributed by atoms with van der Waals surface area (Å²) in [4.78, 5) is 4.24. The number of nitrogens with zero attached hydrogens (tertiary/aromatic N) is 1. The number of benzene rings is 1. The third kappa shape index (κ3) is 6.30. The van der Waals surface area contributed by atoms with Gasteiger partial charge in [0.2, 0.25) is 0 Å². The van der Waals surface area contributed by atoms with Crippen LogP contribution in [0.25, 0.3) is 0 Å². The largest absolute Gasteiger partial charge is 0.383 e. The molecule has 1 heterocycles. The molecule has 0 bridgehead atoms. The van der Waals surface area contributed by atoms with Crippen LogP contribution >= 0.6 is 11.3 Å². The van der Waals surface area contributed by atoms with Crippen LogP contribution in [0, 0.1) is 0 Å². The summed E-state index contributed by atoms with van der Waals surface area (Å²) in [5.74, 6) is 0.804. The second-order valence-electron chi connectivity index (χ2n) is 5.03. The van der Waals surface area contributed by atoms with Gasteiger partial charge >= 0.3 is 0 Å². The van der Waals surface area contributed by atoms with Crippen LogP contribution in [0.15, 0.2) is 46.1 Å². The highest BCUT2D eigenvalue weighted by atomic mass is 32.1. The highest BCUT2D eigenvalue weighted by molar-refractivity contribution is 7.07. The van der Waals surface area contributed by atoms with E-state index in [0.717, 1.165) is 31.3 Å². The zero-order valence-corrected chi connectivity index (χ0v) is 14.5. The van der Waals surface area contributed by atoms with Crippen LogP contribution in [-0.2, 0) is 17.8 Å². The van der Waals surface area contributed by atoms with Crippen molar-refractivity contribution in [3.63, 3.8) is 0 Å². The van der Waals surface area contributed by atoms with E-state index in [1.54, 1.807) is 25.5 Å². The summed E-state index contributed by atoms with van der Waals surface area (Å²) < 4.78 is 5.02. The number of guanidine groups is 1. The fraction of sp³-hybridized carbons (Fsp3) is 0.353. The van der Waals surface area contributed by atoms with Gasteiger partial charge in [0.05, 0.1) is 6.61 Å². The maximum atomic E-state index is 5.02. The Balaban J connectivity index is 1.75. The van der Waals surface area contributed by atoms with Crippen LogP contribution in [0.2, 0.25) is 0 Å². The second kappa shape index (κ2) is 9.86. The highest BCUT2D eigenvalue weighted by Crippen LogP contribution is 2.09. The van der Waals surface area contributed by atoms with Crippen molar-refractivity contribution in [1.29, 1.82) is 0 Å². The van der Waals surface area contributed by atoms with E-state index in [1.807, 2.05) is 0 Å². The monoisotopic (exact) mass is 332 g/mol. The van der Waals surface area contributed by atoms with Crippen LogP contribution in [0.1, 0.15) is 11.1 Å². The lowest BCUT2D eigenvalue weighted by Gasteiger charge is -2.12. The molecule has 0 aliphatic heterocycles. The van der Waals surface area contributed by atoms with Crippen molar-refractivity contribution in [3.05, 3.63) is 52.2 Å². The molecular formula is C17H24N4OS. The maximum Gasteiger partial charge on any atom is 0.191 e. The number of thiophene rings is 1. The average Bonchev–Trinajstić information content (AvgIpc) is 3.10. The van der Waals surface area contributed by atoms with Crippen molar-refractivity contribution in [2.45, 2.75) is 13.1 Å². The summed E-state index contributed by atoms with van der Waals surface area (Å²) in [7, 11) is 3.49. The Kier molecular flexibility index (Phi) is 7.42. The first-order chi connectivity index (χ1) is 11.3. The normalized spacial score (nSPS) is 11.3. The first-order valence-electron chi connectivity index (χ1n) is 7.59. The molecule has 0 atom stereocenters. The van der Waals surface area contributed by atoms with Gasteiger partial charge in [-0.2, -0.15) is 11.3 Å². The van der Waals surface area contributed by atoms with Crippen molar-refractivity contribution in [3.8, 4) is 0 Å². The first-order valence-corrected chi connectivity index (χ1v) is 8.53. The highest BCUT2D eigenvalue weighted by Gasteiger charge is 2.00. The fourth-order valence-electron chi connectivity index (χ4n) is 2.02. The van der Waals surface area contributed by atoms with Crippen LogP contribution in [-0.4, -0.2) is 33.3 Å². The number of aliphatic imine (C=N–C) groups is 1. The van der Waals surface area contributed by atoms with Gasteiger partial charge in [-0.1, -0.05) is 12.1 Å². The summed E-state index contributed by atoms with van der Waals surface area (Å²) in [5, 5.41) is 14.1. The molecule has 1 aromatic heterocycles. The molecule has 2 rings (SSSR count). The molecule has 5 nitrogen and oxygen atoms in total. The van der Waals surface area contributed by atoms with Crippen molar-refractivity contribution in [2.24, 2.45) is 4.99 Å². The Morgan fingerprint density at radius 3 is 2.43 bits per heavy atom. The number of ether oxygens (including phenoxy) is 1. The SMILES string of the molecule is CN=C(NCc1ccc(NCCOC)cc1)NCc1ccsc1. The van der Waals surface area contributed by atoms with Crippen LogP contribution in [0.3, 0.4) is 0 Å². The predicted molar refractivity (Wildman–Crippen MR) is 98.2 cm³/mol. The molecule has 3 N–H and O–H groups in total. The van der Waals surface area contributed by atoms with Gasteiger partial charge in [-0.05, 0) is 40.1 Å². The van der Waals surface area contributed by atoms with Crippen LogP contribution in [0.4, 0.5) is 5.69 Å². The zero-order valence-electron chi connectivity index (χ0n) is 13.6. The Bertz CT molecular complexity index is 581. The zero-order chi connectivity index (χ0) is 16.3. The standard InChI is InChI=1S/C17H24N4OS/c1-18-17(21-12-15-7-10-23-13-15)20-11-14-3-5-16(6-4-14)19-8-9-22-2/h3-7,10,13,19H,8-9,11-12H2,1-2H3,(H2,18,20,21). The molecule has 0 aliphatic carbocycles. The lowest BCUT2D eigenvalue weighted by atomic mass is 10.2. The van der Waals surface area contributed by atoms with Crippen LogP contribution < -0.4 is 16.0 Å². The van der Waals surface area contributed by atoms with Gasteiger partial charge < -0.3 is 20.7 Å². The second-order valence-corrected chi connectivity index (χ2v) is 5.81. The summed E-state index contributed by atoms with van der Waals surface area (Å²) >= 11 is 1.70. The van der Waals surface area contributed by atoms with Gasteiger partial charge in [0.25, 0.3) is 0 Å². The van der Waals surface area contributed by atoms with Gasteiger partial charge in [0.1, 0.15) is 0 Å². The lowest BCUT2D eigenvalue weighted by Crippen LogP contribution is -2.36. The molecule has 0 fully saturated rings. The maximum absolute atomic E-state index is 5.02. The van der Waals surface area contributed by atoms with Gasteiger partial charge in [-0.15, -0.1) is 0 Å². The van der Waals surface area contributed by atoms with Gasteiger partial charge in [-0.3, -0.25) is 4.99 Å². The molecule has 0 amide bonds. The molecular weight excluding hydrogens is 308 g/mol. The molecule has 6 heteroatoms. The number of hydrogen-bond donors (Lipinski definition) is 3. The fourth-order valence-corrected chi connectivity index (χ4v) is 2.69.